The van der Waals surface area contributed by atoms with Crippen molar-refractivity contribution in [2.75, 3.05) is 0 Å². The van der Waals surface area contributed by atoms with E-state index in [9.17, 15) is 4.79 Å². The second-order valence-electron chi connectivity index (χ2n) is 2.72. The molecule has 0 aromatic heterocycles. The molecule has 0 aromatic rings. The first kappa shape index (κ1) is 9.74. The van der Waals surface area contributed by atoms with Crippen LogP contribution in [-0.4, -0.2) is 16.3 Å². The molecule has 2 nitrogen and oxygen atoms in total. The van der Waals surface area contributed by atoms with Gasteiger partial charge in [0.1, 0.15) is 0 Å². The molecule has 68 valence electrons. The average molecular weight is 204 g/mol. The third-order valence-electron chi connectivity index (χ3n) is 1.70. The third-order valence-corrected chi connectivity index (χ3v) is 4.85. The Morgan fingerprint density at radius 1 is 1.83 bits per heavy atom. The maximum atomic E-state index is 10.4. The minimum absolute atomic E-state index is 0.194. The molecule has 1 aliphatic rings. The molecule has 1 unspecified atom stereocenters. The molecule has 1 rings (SSSR count). The highest BCUT2D eigenvalue weighted by Crippen LogP contribution is 2.47. The van der Waals surface area contributed by atoms with Crippen LogP contribution in [0, 0.1) is 0 Å². The number of hydrogen-bond acceptors (Lipinski definition) is 2. The number of carboxylic acids is 1. The number of allylic oxidation sites excluding steroid dienone is 2. The Morgan fingerprint density at radius 2 is 2.50 bits per heavy atom. The smallest absolute Gasteiger partial charge is 0.304 e. The van der Waals surface area contributed by atoms with E-state index in [0.717, 1.165) is 4.24 Å². The van der Waals surface area contributed by atoms with Crippen molar-refractivity contribution in [2.45, 2.75) is 18.6 Å². The summed E-state index contributed by atoms with van der Waals surface area (Å²) in [6.07, 6.45) is 4.12. The molecule has 1 aliphatic heterocycles. The van der Waals surface area contributed by atoms with Crippen LogP contribution in [0.1, 0.15) is 13.3 Å². The fourth-order valence-electron chi connectivity index (χ4n) is 1.11. The molecule has 0 saturated heterocycles. The zero-order valence-corrected chi connectivity index (χ0v) is 8.56. The molecule has 0 aliphatic carbocycles. The summed E-state index contributed by atoms with van der Waals surface area (Å²) in [6.45, 7) is 1.96. The number of carbonyl (C=O) groups is 1. The van der Waals surface area contributed by atoms with E-state index in [-0.39, 0.29) is 11.7 Å². The molecule has 1 heterocycles. The van der Waals surface area contributed by atoms with Crippen molar-refractivity contribution < 1.29 is 9.90 Å². The lowest BCUT2D eigenvalue weighted by molar-refractivity contribution is -0.136. The van der Waals surface area contributed by atoms with Gasteiger partial charge >= 0.3 is 5.97 Å². The van der Waals surface area contributed by atoms with Gasteiger partial charge in [0.25, 0.3) is 0 Å². The quantitative estimate of drug-likeness (QED) is 0.616. The van der Waals surface area contributed by atoms with Crippen molar-refractivity contribution in [3.05, 3.63) is 21.8 Å². The van der Waals surface area contributed by atoms with Gasteiger partial charge in [0, 0.05) is 9.49 Å². The predicted octanol–water partition coefficient (Wildman–Crippen LogP) is 2.15. The topological polar surface area (TPSA) is 37.3 Å². The summed E-state index contributed by atoms with van der Waals surface area (Å²) in [6, 6.07) is 0. The highest BCUT2D eigenvalue weighted by atomic mass is 32.2. The van der Waals surface area contributed by atoms with E-state index in [0.29, 0.717) is 0 Å². The molecule has 1 N–H and O–H groups in total. The standard InChI is InChI=1S/C8H12O2S2/c1-6(5-7(9)10)12-4-2-3-8(12)11/h2-4,6,11-12H,5H2,1H3,(H,9,10)/t6-/m0/s1. The molecule has 0 amide bonds. The normalized spacial score (nSPS) is 26.8. The van der Waals surface area contributed by atoms with E-state index in [1.165, 1.54) is 0 Å². The second kappa shape index (κ2) is 4.05. The van der Waals surface area contributed by atoms with E-state index >= 15 is 0 Å². The SMILES string of the molecule is C[C@@H](CC(=O)O)[SH]1C=CC=C1S. The number of thiol groups is 2. The van der Waals surface area contributed by atoms with Crippen molar-refractivity contribution >= 4 is 29.5 Å². The Balaban J connectivity index is 2.53. The fourth-order valence-corrected chi connectivity index (χ4v) is 3.77. The fraction of sp³-hybridized carbons (Fsp3) is 0.375. The van der Waals surface area contributed by atoms with Gasteiger partial charge in [-0.05, 0) is 11.5 Å². The summed E-state index contributed by atoms with van der Waals surface area (Å²) < 4.78 is 1.03. The lowest BCUT2D eigenvalue weighted by atomic mass is 10.3. The molecule has 0 spiro atoms. The Labute approximate surface area is 80.1 Å². The van der Waals surface area contributed by atoms with Crippen LogP contribution in [0.4, 0.5) is 0 Å². The monoisotopic (exact) mass is 204 g/mol. The maximum absolute atomic E-state index is 10.4. The lowest BCUT2D eigenvalue weighted by Crippen LogP contribution is -2.08. The maximum Gasteiger partial charge on any atom is 0.304 e. The first-order chi connectivity index (χ1) is 5.61. The van der Waals surface area contributed by atoms with Crippen LogP contribution in [-0.2, 0) is 4.79 Å². The van der Waals surface area contributed by atoms with Gasteiger partial charge in [-0.3, -0.25) is 4.79 Å². The van der Waals surface area contributed by atoms with Crippen LogP contribution >= 0.6 is 23.5 Å². The van der Waals surface area contributed by atoms with E-state index in [2.05, 4.69) is 18.0 Å². The average Bonchev–Trinajstić information content (AvgIpc) is 2.33. The van der Waals surface area contributed by atoms with Gasteiger partial charge in [-0.1, -0.05) is 13.0 Å². The Morgan fingerprint density at radius 3 is 2.92 bits per heavy atom. The molecule has 12 heavy (non-hydrogen) atoms. The number of hydrogen-bond donors (Lipinski definition) is 3. The van der Waals surface area contributed by atoms with Crippen LogP contribution in [0.5, 0.6) is 0 Å². The summed E-state index contributed by atoms with van der Waals surface area (Å²) in [5.41, 5.74) is 0. The van der Waals surface area contributed by atoms with Crippen LogP contribution < -0.4 is 0 Å². The largest absolute Gasteiger partial charge is 0.481 e. The lowest BCUT2D eigenvalue weighted by Gasteiger charge is -2.20. The predicted molar refractivity (Wildman–Crippen MR) is 56.9 cm³/mol. The van der Waals surface area contributed by atoms with Gasteiger partial charge in [-0.25, -0.2) is 0 Å². The highest BCUT2D eigenvalue weighted by Gasteiger charge is 2.17. The summed E-state index contributed by atoms with van der Waals surface area (Å²) in [7, 11) is -0.436. The minimum Gasteiger partial charge on any atom is -0.481 e. The van der Waals surface area contributed by atoms with Crippen LogP contribution in [0.3, 0.4) is 0 Å². The van der Waals surface area contributed by atoms with Crippen molar-refractivity contribution in [2.24, 2.45) is 0 Å². The Kier molecular flexibility index (Phi) is 3.29. The summed E-state index contributed by atoms with van der Waals surface area (Å²) in [5, 5.41) is 10.8. The van der Waals surface area contributed by atoms with Gasteiger partial charge < -0.3 is 5.11 Å². The van der Waals surface area contributed by atoms with Gasteiger partial charge in [-0.2, -0.15) is 10.9 Å². The highest BCUT2D eigenvalue weighted by molar-refractivity contribution is 8.31. The molecule has 0 bridgehead atoms. The molecular formula is C8H12O2S2. The van der Waals surface area contributed by atoms with Gasteiger partial charge in [0.2, 0.25) is 0 Å². The Hall–Kier alpha value is -0.350. The first-order valence-electron chi connectivity index (χ1n) is 3.69. The number of rotatable bonds is 3. The Bertz CT molecular complexity index is 245. The molecule has 0 saturated carbocycles. The van der Waals surface area contributed by atoms with Crippen molar-refractivity contribution in [3.63, 3.8) is 0 Å². The number of aliphatic carboxylic acids is 1. The second-order valence-corrected chi connectivity index (χ2v) is 6.03. The zero-order chi connectivity index (χ0) is 9.14. The molecular weight excluding hydrogens is 192 g/mol. The summed E-state index contributed by atoms with van der Waals surface area (Å²) in [5.74, 6) is -0.730. The molecule has 0 fully saturated rings. The van der Waals surface area contributed by atoms with Crippen LogP contribution in [0.2, 0.25) is 0 Å². The van der Waals surface area contributed by atoms with E-state index < -0.39 is 16.9 Å². The molecule has 2 atom stereocenters. The summed E-state index contributed by atoms with van der Waals surface area (Å²) >= 11 is 4.28. The molecule has 4 heteroatoms. The third kappa shape index (κ3) is 2.32. The van der Waals surface area contributed by atoms with Crippen molar-refractivity contribution in [1.29, 1.82) is 0 Å². The molecule has 0 radical (unpaired) electrons. The van der Waals surface area contributed by atoms with Gasteiger partial charge in [0.15, 0.2) is 0 Å². The van der Waals surface area contributed by atoms with Crippen molar-refractivity contribution in [1.82, 2.24) is 0 Å². The van der Waals surface area contributed by atoms with E-state index in [1.807, 2.05) is 19.1 Å². The van der Waals surface area contributed by atoms with Crippen LogP contribution in [0.25, 0.3) is 0 Å². The number of carboxylic acid groups (broad SMARTS) is 1. The van der Waals surface area contributed by atoms with Crippen molar-refractivity contribution in [3.8, 4) is 0 Å². The minimum atomic E-state index is -0.730. The van der Waals surface area contributed by atoms with E-state index in [4.69, 9.17) is 5.11 Å². The first-order valence-corrected chi connectivity index (χ1v) is 5.61. The zero-order valence-electron chi connectivity index (χ0n) is 6.77. The van der Waals surface area contributed by atoms with Gasteiger partial charge in [0.05, 0.1) is 6.42 Å². The van der Waals surface area contributed by atoms with E-state index in [1.54, 1.807) is 0 Å². The van der Waals surface area contributed by atoms with Crippen LogP contribution in [0.15, 0.2) is 21.8 Å². The molecule has 0 aromatic carbocycles. The summed E-state index contributed by atoms with van der Waals surface area (Å²) in [4.78, 5) is 10.4. The van der Waals surface area contributed by atoms with Gasteiger partial charge in [-0.15, -0.1) is 12.6 Å².